The predicted octanol–water partition coefficient (Wildman–Crippen LogP) is 3.67. The number of unbranched alkanes of at least 4 members (excludes halogenated alkanes) is 3. The van der Waals surface area contributed by atoms with E-state index in [0.29, 0.717) is 11.5 Å². The summed E-state index contributed by atoms with van der Waals surface area (Å²) < 4.78 is 0. The van der Waals surface area contributed by atoms with Crippen LogP contribution < -0.4 is 5.32 Å². The molecule has 0 spiro atoms. The highest BCUT2D eigenvalue weighted by Crippen LogP contribution is 2.23. The first-order chi connectivity index (χ1) is 8.41. The van der Waals surface area contributed by atoms with Crippen LogP contribution in [0.5, 0.6) is 0 Å². The molecule has 1 aliphatic rings. The van der Waals surface area contributed by atoms with Gasteiger partial charge in [0.15, 0.2) is 0 Å². The van der Waals surface area contributed by atoms with Crippen molar-refractivity contribution < 1.29 is 0 Å². The first-order valence-corrected chi connectivity index (χ1v) is 7.85. The molecule has 0 radical (unpaired) electrons. The van der Waals surface area contributed by atoms with Crippen molar-refractivity contribution in [2.45, 2.75) is 78.3 Å². The second kappa shape index (κ2) is 7.49. The van der Waals surface area contributed by atoms with E-state index in [1.54, 1.807) is 0 Å². The summed E-state index contributed by atoms with van der Waals surface area (Å²) in [6.45, 7) is 11.8. The van der Waals surface area contributed by atoms with Crippen molar-refractivity contribution in [2.24, 2.45) is 5.41 Å². The lowest BCUT2D eigenvalue weighted by Crippen LogP contribution is -2.39. The van der Waals surface area contributed by atoms with E-state index in [-0.39, 0.29) is 0 Å². The molecule has 108 valence electrons. The van der Waals surface area contributed by atoms with Crippen LogP contribution in [0.2, 0.25) is 0 Å². The molecule has 18 heavy (non-hydrogen) atoms. The molecule has 1 unspecified atom stereocenters. The first-order valence-electron chi connectivity index (χ1n) is 7.85. The van der Waals surface area contributed by atoms with Crippen molar-refractivity contribution in [1.82, 2.24) is 10.2 Å². The van der Waals surface area contributed by atoms with Gasteiger partial charge in [0.25, 0.3) is 0 Å². The Morgan fingerprint density at radius 2 is 1.72 bits per heavy atom. The Labute approximate surface area is 115 Å². The van der Waals surface area contributed by atoms with E-state index < -0.39 is 0 Å². The molecule has 1 N–H and O–H groups in total. The van der Waals surface area contributed by atoms with Crippen molar-refractivity contribution >= 4 is 0 Å². The van der Waals surface area contributed by atoms with Crippen LogP contribution in [0.1, 0.15) is 66.2 Å². The van der Waals surface area contributed by atoms with Crippen molar-refractivity contribution in [3.05, 3.63) is 0 Å². The molecule has 0 aromatic heterocycles. The van der Waals surface area contributed by atoms with Gasteiger partial charge in [0.2, 0.25) is 0 Å². The van der Waals surface area contributed by atoms with Crippen LogP contribution in [-0.4, -0.2) is 37.1 Å². The summed E-state index contributed by atoms with van der Waals surface area (Å²) in [6.07, 6.45) is 8.30. The third kappa shape index (κ3) is 6.75. The number of nitrogens with zero attached hydrogens (tertiary/aromatic N) is 1. The minimum Gasteiger partial charge on any atom is -0.314 e. The van der Waals surface area contributed by atoms with Gasteiger partial charge < -0.3 is 10.2 Å². The van der Waals surface area contributed by atoms with Gasteiger partial charge in [-0.25, -0.2) is 0 Å². The molecule has 0 heterocycles. The lowest BCUT2D eigenvalue weighted by molar-refractivity contribution is 0.139. The highest BCUT2D eigenvalue weighted by molar-refractivity contribution is 4.80. The minimum atomic E-state index is 0.392. The molecule has 0 saturated heterocycles. The Morgan fingerprint density at radius 3 is 2.28 bits per heavy atom. The van der Waals surface area contributed by atoms with Crippen LogP contribution in [0.25, 0.3) is 0 Å². The third-order valence-electron chi connectivity index (χ3n) is 4.36. The summed E-state index contributed by atoms with van der Waals surface area (Å²) in [5.41, 5.74) is 0.392. The van der Waals surface area contributed by atoms with Gasteiger partial charge in [0.05, 0.1) is 0 Å². The Morgan fingerprint density at radius 1 is 1.11 bits per heavy atom. The second-order valence-corrected chi connectivity index (χ2v) is 7.17. The topological polar surface area (TPSA) is 15.3 Å². The molecule has 1 rings (SSSR count). The zero-order chi connectivity index (χ0) is 13.6. The van der Waals surface area contributed by atoms with E-state index in [0.717, 1.165) is 6.04 Å². The van der Waals surface area contributed by atoms with Crippen molar-refractivity contribution in [3.8, 4) is 0 Å². The fraction of sp³-hybridized carbons (Fsp3) is 1.00. The molecule has 1 saturated carbocycles. The number of hydrogen-bond donors (Lipinski definition) is 1. The SMILES string of the molecule is CC(N(C)CCCCCCNC1CC1)C(C)(C)C. The summed E-state index contributed by atoms with van der Waals surface area (Å²) in [5, 5.41) is 3.58. The molecule has 1 fully saturated rings. The van der Waals surface area contributed by atoms with Crippen LogP contribution in [-0.2, 0) is 0 Å². The smallest absolute Gasteiger partial charge is 0.0112 e. The zero-order valence-electron chi connectivity index (χ0n) is 13.3. The van der Waals surface area contributed by atoms with Gasteiger partial charge in [-0.05, 0) is 58.2 Å². The monoisotopic (exact) mass is 254 g/mol. The molecule has 0 aromatic rings. The van der Waals surface area contributed by atoms with Gasteiger partial charge in [-0.1, -0.05) is 33.6 Å². The average Bonchev–Trinajstić information content (AvgIpc) is 3.09. The van der Waals surface area contributed by atoms with Crippen LogP contribution >= 0.6 is 0 Å². The van der Waals surface area contributed by atoms with Gasteiger partial charge in [-0.3, -0.25) is 0 Å². The quantitative estimate of drug-likeness (QED) is 0.632. The Hall–Kier alpha value is -0.0800. The fourth-order valence-electron chi connectivity index (χ4n) is 2.29. The van der Waals surface area contributed by atoms with Crippen molar-refractivity contribution in [1.29, 1.82) is 0 Å². The van der Waals surface area contributed by atoms with E-state index in [1.807, 2.05) is 0 Å². The number of hydrogen-bond acceptors (Lipinski definition) is 2. The predicted molar refractivity (Wildman–Crippen MR) is 81.0 cm³/mol. The largest absolute Gasteiger partial charge is 0.314 e. The molecular formula is C16H34N2. The van der Waals surface area contributed by atoms with E-state index in [9.17, 15) is 0 Å². The zero-order valence-corrected chi connectivity index (χ0v) is 13.3. The van der Waals surface area contributed by atoms with Gasteiger partial charge in [0.1, 0.15) is 0 Å². The highest BCUT2D eigenvalue weighted by Gasteiger charge is 2.23. The lowest BCUT2D eigenvalue weighted by atomic mass is 9.87. The maximum Gasteiger partial charge on any atom is 0.0112 e. The molecular weight excluding hydrogens is 220 g/mol. The average molecular weight is 254 g/mol. The fourth-order valence-corrected chi connectivity index (χ4v) is 2.29. The van der Waals surface area contributed by atoms with Crippen LogP contribution in [0.15, 0.2) is 0 Å². The molecule has 2 nitrogen and oxygen atoms in total. The standard InChI is InChI=1S/C16H34N2/c1-14(16(2,3)4)18(5)13-9-7-6-8-12-17-15-10-11-15/h14-15,17H,6-13H2,1-5H3. The van der Waals surface area contributed by atoms with E-state index >= 15 is 0 Å². The minimum absolute atomic E-state index is 0.392. The second-order valence-electron chi connectivity index (χ2n) is 7.17. The van der Waals surface area contributed by atoms with Crippen LogP contribution in [0.3, 0.4) is 0 Å². The van der Waals surface area contributed by atoms with Crippen LogP contribution in [0.4, 0.5) is 0 Å². The molecule has 1 atom stereocenters. The van der Waals surface area contributed by atoms with E-state index in [2.05, 4.69) is 45.0 Å². The van der Waals surface area contributed by atoms with Gasteiger partial charge >= 0.3 is 0 Å². The summed E-state index contributed by atoms with van der Waals surface area (Å²) in [4.78, 5) is 2.52. The lowest BCUT2D eigenvalue weighted by Gasteiger charge is -2.35. The normalized spacial score (nSPS) is 18.3. The van der Waals surface area contributed by atoms with Crippen molar-refractivity contribution in [3.63, 3.8) is 0 Å². The molecule has 0 amide bonds. The molecule has 0 aromatic carbocycles. The van der Waals surface area contributed by atoms with Crippen molar-refractivity contribution in [2.75, 3.05) is 20.1 Å². The molecule has 2 heteroatoms. The summed E-state index contributed by atoms with van der Waals surface area (Å²) in [5.74, 6) is 0. The van der Waals surface area contributed by atoms with Crippen LogP contribution in [0, 0.1) is 5.41 Å². The molecule has 1 aliphatic carbocycles. The molecule has 0 aliphatic heterocycles. The summed E-state index contributed by atoms with van der Waals surface area (Å²) >= 11 is 0. The van der Waals surface area contributed by atoms with Gasteiger partial charge in [-0.15, -0.1) is 0 Å². The van der Waals surface area contributed by atoms with Gasteiger partial charge in [0, 0.05) is 12.1 Å². The highest BCUT2D eigenvalue weighted by atomic mass is 15.1. The first kappa shape index (κ1) is 16.0. The number of nitrogens with one attached hydrogen (secondary N) is 1. The maximum absolute atomic E-state index is 3.58. The van der Waals surface area contributed by atoms with E-state index in [1.165, 1.54) is 51.6 Å². The molecule has 0 bridgehead atoms. The summed E-state index contributed by atoms with van der Waals surface area (Å²) in [6, 6.07) is 1.54. The summed E-state index contributed by atoms with van der Waals surface area (Å²) in [7, 11) is 2.27. The Kier molecular flexibility index (Phi) is 6.65. The number of rotatable bonds is 9. The Balaban J connectivity index is 1.92. The Bertz CT molecular complexity index is 216. The third-order valence-corrected chi connectivity index (χ3v) is 4.36. The van der Waals surface area contributed by atoms with Gasteiger partial charge in [-0.2, -0.15) is 0 Å². The maximum atomic E-state index is 3.58. The van der Waals surface area contributed by atoms with E-state index in [4.69, 9.17) is 0 Å².